The van der Waals surface area contributed by atoms with Crippen LogP contribution in [0.2, 0.25) is 0 Å². The van der Waals surface area contributed by atoms with Crippen LogP contribution in [0.5, 0.6) is 0 Å². The van der Waals surface area contributed by atoms with Crippen LogP contribution >= 0.6 is 11.8 Å². The van der Waals surface area contributed by atoms with Crippen molar-refractivity contribution in [3.05, 3.63) is 46.8 Å². The number of aromatic nitrogens is 1. The van der Waals surface area contributed by atoms with Gasteiger partial charge in [0.1, 0.15) is 5.76 Å². The van der Waals surface area contributed by atoms with Gasteiger partial charge in [0.05, 0.1) is 11.3 Å². The predicted molar refractivity (Wildman–Crippen MR) is 92.9 cm³/mol. The number of aryl methyl sites for hydroxylation is 2. The third-order valence-electron chi connectivity index (χ3n) is 3.57. The van der Waals surface area contributed by atoms with E-state index < -0.39 is 0 Å². The maximum absolute atomic E-state index is 12.3. The van der Waals surface area contributed by atoms with Gasteiger partial charge in [0.25, 0.3) is 5.91 Å². The zero-order valence-electron chi connectivity index (χ0n) is 13.8. The maximum Gasteiger partial charge on any atom is 0.252 e. The number of carbonyl (C=O) groups is 1. The number of nitrogens with one attached hydrogen (secondary N) is 2. The van der Waals surface area contributed by atoms with Crippen molar-refractivity contribution < 1.29 is 9.32 Å². The van der Waals surface area contributed by atoms with Gasteiger partial charge < -0.3 is 15.2 Å². The second kappa shape index (κ2) is 8.74. The number of benzene rings is 1. The molecule has 0 atom stereocenters. The molecule has 0 unspecified atom stereocenters. The summed E-state index contributed by atoms with van der Waals surface area (Å²) in [6, 6.07) is 7.68. The van der Waals surface area contributed by atoms with E-state index in [2.05, 4.69) is 15.8 Å². The van der Waals surface area contributed by atoms with Crippen LogP contribution in [0.3, 0.4) is 0 Å². The number of thioether (sulfide) groups is 1. The average Bonchev–Trinajstić information content (AvgIpc) is 2.88. The second-order valence-corrected chi connectivity index (χ2v) is 6.32. The smallest absolute Gasteiger partial charge is 0.252 e. The minimum atomic E-state index is -0.0250. The molecular formula is C17H23N3O2S. The van der Waals surface area contributed by atoms with Crippen molar-refractivity contribution in [3.63, 3.8) is 0 Å². The van der Waals surface area contributed by atoms with Gasteiger partial charge in [-0.3, -0.25) is 4.79 Å². The molecule has 0 bridgehead atoms. The molecule has 0 saturated carbocycles. The topological polar surface area (TPSA) is 67.2 Å². The van der Waals surface area contributed by atoms with Gasteiger partial charge in [0, 0.05) is 22.8 Å². The van der Waals surface area contributed by atoms with E-state index in [0.29, 0.717) is 12.1 Å². The Morgan fingerprint density at radius 3 is 2.74 bits per heavy atom. The van der Waals surface area contributed by atoms with Crippen LogP contribution in [0.1, 0.15) is 33.8 Å². The van der Waals surface area contributed by atoms with Crippen LogP contribution in [-0.4, -0.2) is 31.2 Å². The molecule has 0 radical (unpaired) electrons. The van der Waals surface area contributed by atoms with E-state index in [1.54, 1.807) is 11.8 Å². The molecule has 2 rings (SSSR count). The Hall–Kier alpha value is -1.79. The zero-order chi connectivity index (χ0) is 16.7. The normalized spacial score (nSPS) is 10.7. The fourth-order valence-corrected chi connectivity index (χ4v) is 3.40. The van der Waals surface area contributed by atoms with Gasteiger partial charge in [-0.25, -0.2) is 0 Å². The molecule has 5 nitrogen and oxygen atoms in total. The molecule has 0 saturated heterocycles. The van der Waals surface area contributed by atoms with E-state index in [0.717, 1.165) is 40.6 Å². The number of carbonyl (C=O) groups excluding carboxylic acids is 1. The molecule has 0 aliphatic carbocycles. The van der Waals surface area contributed by atoms with Crippen LogP contribution in [0, 0.1) is 13.8 Å². The second-order valence-electron chi connectivity index (χ2n) is 5.30. The molecule has 124 valence electrons. The molecule has 0 fully saturated rings. The molecule has 6 heteroatoms. The molecule has 1 amide bonds. The first-order chi connectivity index (χ1) is 11.1. The van der Waals surface area contributed by atoms with Gasteiger partial charge in [-0.05, 0) is 46.0 Å². The Kier molecular flexibility index (Phi) is 6.67. The summed E-state index contributed by atoms with van der Waals surface area (Å²) in [6.45, 7) is 5.41. The van der Waals surface area contributed by atoms with Crippen molar-refractivity contribution in [2.24, 2.45) is 0 Å². The van der Waals surface area contributed by atoms with Gasteiger partial charge in [-0.2, -0.15) is 0 Å². The number of amides is 1. The molecule has 1 aromatic heterocycles. The number of hydrogen-bond donors (Lipinski definition) is 2. The molecule has 0 aliphatic heterocycles. The highest BCUT2D eigenvalue weighted by Crippen LogP contribution is 2.28. The summed E-state index contributed by atoms with van der Waals surface area (Å²) in [6.07, 6.45) is 0.913. The van der Waals surface area contributed by atoms with Crippen LogP contribution in [0.25, 0.3) is 0 Å². The Balaban J connectivity index is 2.01. The first-order valence-electron chi connectivity index (χ1n) is 7.70. The highest BCUT2D eigenvalue weighted by molar-refractivity contribution is 7.98. The number of rotatable bonds is 8. The van der Waals surface area contributed by atoms with E-state index in [4.69, 9.17) is 4.52 Å². The van der Waals surface area contributed by atoms with Gasteiger partial charge >= 0.3 is 0 Å². The third-order valence-corrected chi connectivity index (χ3v) is 4.67. The van der Waals surface area contributed by atoms with Crippen molar-refractivity contribution in [1.29, 1.82) is 0 Å². The Morgan fingerprint density at radius 1 is 1.26 bits per heavy atom. The summed E-state index contributed by atoms with van der Waals surface area (Å²) in [4.78, 5) is 13.3. The Morgan fingerprint density at radius 2 is 2.04 bits per heavy atom. The monoisotopic (exact) mass is 333 g/mol. The molecule has 1 heterocycles. The van der Waals surface area contributed by atoms with Gasteiger partial charge in [0.15, 0.2) is 0 Å². The lowest BCUT2D eigenvalue weighted by Crippen LogP contribution is -2.27. The van der Waals surface area contributed by atoms with E-state index in [1.807, 2.05) is 45.2 Å². The van der Waals surface area contributed by atoms with Crippen LogP contribution in [0.4, 0.5) is 0 Å². The summed E-state index contributed by atoms with van der Waals surface area (Å²) in [5.41, 5.74) is 2.72. The van der Waals surface area contributed by atoms with E-state index in [-0.39, 0.29) is 5.91 Å². The van der Waals surface area contributed by atoms with Crippen molar-refractivity contribution in [2.75, 3.05) is 20.1 Å². The fraction of sp³-hybridized carbons (Fsp3) is 0.412. The quantitative estimate of drug-likeness (QED) is 0.574. The summed E-state index contributed by atoms with van der Waals surface area (Å²) in [7, 11) is 1.91. The summed E-state index contributed by atoms with van der Waals surface area (Å²) in [5, 5.41) is 10.0. The Bertz CT molecular complexity index is 636. The summed E-state index contributed by atoms with van der Waals surface area (Å²) in [5.74, 6) is 1.55. The molecular weight excluding hydrogens is 310 g/mol. The maximum atomic E-state index is 12.3. The first-order valence-corrected chi connectivity index (χ1v) is 8.68. The lowest BCUT2D eigenvalue weighted by atomic mass is 10.2. The summed E-state index contributed by atoms with van der Waals surface area (Å²) >= 11 is 1.63. The minimum Gasteiger partial charge on any atom is -0.361 e. The zero-order valence-corrected chi connectivity index (χ0v) is 14.6. The summed E-state index contributed by atoms with van der Waals surface area (Å²) < 4.78 is 5.19. The Labute approximate surface area is 141 Å². The molecule has 1 aromatic carbocycles. The van der Waals surface area contributed by atoms with Gasteiger partial charge in [-0.15, -0.1) is 11.8 Å². The van der Waals surface area contributed by atoms with Crippen LogP contribution < -0.4 is 10.6 Å². The van der Waals surface area contributed by atoms with E-state index in [9.17, 15) is 4.79 Å². The van der Waals surface area contributed by atoms with Gasteiger partial charge in [-0.1, -0.05) is 17.3 Å². The molecule has 0 spiro atoms. The van der Waals surface area contributed by atoms with E-state index in [1.165, 1.54) is 0 Å². The van der Waals surface area contributed by atoms with Crippen LogP contribution in [-0.2, 0) is 5.75 Å². The standard InChI is InChI=1S/C17H23N3O2S/c1-12-15(13(2)22-20-12)11-23-16-8-5-4-7-14(16)17(21)19-10-6-9-18-3/h4-5,7-8,18H,6,9-11H2,1-3H3,(H,19,21). The van der Waals surface area contributed by atoms with Crippen molar-refractivity contribution in [1.82, 2.24) is 15.8 Å². The molecule has 2 N–H and O–H groups in total. The highest BCUT2D eigenvalue weighted by Gasteiger charge is 2.14. The number of hydrogen-bond acceptors (Lipinski definition) is 5. The fourth-order valence-electron chi connectivity index (χ4n) is 2.20. The van der Waals surface area contributed by atoms with Crippen molar-refractivity contribution >= 4 is 17.7 Å². The van der Waals surface area contributed by atoms with Crippen molar-refractivity contribution in [2.45, 2.75) is 30.9 Å². The lowest BCUT2D eigenvalue weighted by molar-refractivity contribution is 0.0950. The minimum absolute atomic E-state index is 0.0250. The molecule has 2 aromatic rings. The number of nitrogens with zero attached hydrogens (tertiary/aromatic N) is 1. The van der Waals surface area contributed by atoms with Crippen LogP contribution in [0.15, 0.2) is 33.7 Å². The molecule has 23 heavy (non-hydrogen) atoms. The van der Waals surface area contributed by atoms with E-state index >= 15 is 0 Å². The molecule has 0 aliphatic rings. The average molecular weight is 333 g/mol. The largest absolute Gasteiger partial charge is 0.361 e. The first kappa shape index (κ1) is 17.6. The SMILES string of the molecule is CNCCCNC(=O)c1ccccc1SCc1c(C)noc1C. The van der Waals surface area contributed by atoms with Gasteiger partial charge in [0.2, 0.25) is 0 Å². The van der Waals surface area contributed by atoms with Crippen molar-refractivity contribution in [3.8, 4) is 0 Å². The third kappa shape index (κ3) is 4.84. The highest BCUT2D eigenvalue weighted by atomic mass is 32.2. The lowest BCUT2D eigenvalue weighted by Gasteiger charge is -2.10. The predicted octanol–water partition coefficient (Wildman–Crippen LogP) is 2.92.